The number of benzene rings is 1. The molecule has 0 atom stereocenters. The third-order valence-corrected chi connectivity index (χ3v) is 8.12. The Morgan fingerprint density at radius 1 is 1.13 bits per heavy atom. The van der Waals surface area contributed by atoms with Gasteiger partial charge in [-0.05, 0) is 31.2 Å². The number of hydrogen-bond donors (Lipinski definition) is 3. The first-order chi connectivity index (χ1) is 18.2. The topological polar surface area (TPSA) is 117 Å². The quantitative estimate of drug-likeness (QED) is 0.306. The molecule has 1 fully saturated rings. The standard InChI is InChI=1S/C25H28F2N6O4S/c1-17-23(25(34)30-18-14-28-32(15-18)9-8-31-10-12-38(35,36)13-11-31)33-7-3-6-22(24(33)29-17)37-16-19-20(26)4-2-5-21(19)27/h2-7,14-15,35-36H,8-13,16H2,1H3,(H,30,34). The zero-order valence-electron chi connectivity index (χ0n) is 20.7. The van der Waals surface area contributed by atoms with Crippen molar-refractivity contribution in [3.05, 3.63) is 77.5 Å². The van der Waals surface area contributed by atoms with Gasteiger partial charge in [0.2, 0.25) is 0 Å². The molecule has 4 aromatic rings. The van der Waals surface area contributed by atoms with Crippen LogP contribution in [0.3, 0.4) is 0 Å². The lowest BCUT2D eigenvalue weighted by molar-refractivity contribution is 0.102. The van der Waals surface area contributed by atoms with Crippen LogP contribution in [-0.2, 0) is 13.2 Å². The van der Waals surface area contributed by atoms with Gasteiger partial charge in [0.25, 0.3) is 5.91 Å². The van der Waals surface area contributed by atoms with E-state index in [1.54, 1.807) is 46.7 Å². The summed E-state index contributed by atoms with van der Waals surface area (Å²) in [7, 11) is -2.43. The van der Waals surface area contributed by atoms with Crippen molar-refractivity contribution in [2.45, 2.75) is 20.1 Å². The summed E-state index contributed by atoms with van der Waals surface area (Å²) < 4.78 is 56.5. The molecule has 0 radical (unpaired) electrons. The van der Waals surface area contributed by atoms with Gasteiger partial charge in [0.15, 0.2) is 11.4 Å². The van der Waals surface area contributed by atoms with Gasteiger partial charge in [0.05, 0.1) is 41.2 Å². The molecule has 0 bridgehead atoms. The molecule has 1 saturated heterocycles. The second-order valence-corrected chi connectivity index (χ2v) is 11.5. The largest absolute Gasteiger partial charge is 0.485 e. The molecule has 3 N–H and O–H groups in total. The van der Waals surface area contributed by atoms with Crippen molar-refractivity contribution in [1.29, 1.82) is 0 Å². The van der Waals surface area contributed by atoms with E-state index in [4.69, 9.17) is 4.74 Å². The third kappa shape index (κ3) is 5.65. The number of aromatic nitrogens is 4. The SMILES string of the molecule is Cc1nc2c(OCc3c(F)cccc3F)cccn2c1C(=O)Nc1cnn(CCN2CCS(O)(O)CC2)c1. The Balaban J connectivity index is 1.25. The summed E-state index contributed by atoms with van der Waals surface area (Å²) in [5.41, 5.74) is 1.42. The maximum atomic E-state index is 14.0. The molecule has 10 nitrogen and oxygen atoms in total. The number of carbonyl (C=O) groups excluding carboxylic acids is 1. The number of anilines is 1. The second-order valence-electron chi connectivity index (χ2n) is 9.10. The predicted octanol–water partition coefficient (Wildman–Crippen LogP) is 4.01. The summed E-state index contributed by atoms with van der Waals surface area (Å²) >= 11 is 0. The minimum atomic E-state index is -2.43. The fourth-order valence-electron chi connectivity index (χ4n) is 4.34. The molecule has 1 aliphatic rings. The van der Waals surface area contributed by atoms with Crippen LogP contribution in [0.25, 0.3) is 5.65 Å². The molecule has 0 saturated carbocycles. The van der Waals surface area contributed by atoms with Gasteiger partial charge in [0.1, 0.15) is 23.9 Å². The van der Waals surface area contributed by atoms with Crippen LogP contribution in [0.15, 0.2) is 48.9 Å². The van der Waals surface area contributed by atoms with Gasteiger partial charge in [-0.1, -0.05) is 6.07 Å². The van der Waals surface area contributed by atoms with E-state index in [-0.39, 0.29) is 17.9 Å². The molecule has 3 aromatic heterocycles. The van der Waals surface area contributed by atoms with E-state index in [1.807, 2.05) is 0 Å². The highest BCUT2D eigenvalue weighted by atomic mass is 32.3. The molecule has 0 unspecified atom stereocenters. The number of pyridine rings is 1. The van der Waals surface area contributed by atoms with Crippen LogP contribution in [0.5, 0.6) is 5.75 Å². The van der Waals surface area contributed by atoms with Gasteiger partial charge in [-0.2, -0.15) is 15.7 Å². The maximum Gasteiger partial charge on any atom is 0.274 e. The average molecular weight is 547 g/mol. The molecule has 13 heteroatoms. The fourth-order valence-corrected chi connectivity index (χ4v) is 5.64. The van der Waals surface area contributed by atoms with E-state index in [0.29, 0.717) is 60.4 Å². The zero-order chi connectivity index (χ0) is 26.9. The van der Waals surface area contributed by atoms with Crippen LogP contribution in [0.4, 0.5) is 14.5 Å². The average Bonchev–Trinajstić information content (AvgIpc) is 3.46. The molecular formula is C25H28F2N6O4S. The van der Waals surface area contributed by atoms with Gasteiger partial charge in [0, 0.05) is 32.0 Å². The van der Waals surface area contributed by atoms with Crippen molar-refractivity contribution < 1.29 is 27.4 Å². The Hall–Kier alpha value is -3.52. The highest BCUT2D eigenvalue weighted by Gasteiger charge is 2.22. The van der Waals surface area contributed by atoms with Gasteiger partial charge < -0.3 is 10.1 Å². The van der Waals surface area contributed by atoms with Crippen LogP contribution in [0, 0.1) is 18.6 Å². The van der Waals surface area contributed by atoms with E-state index in [0.717, 1.165) is 12.1 Å². The van der Waals surface area contributed by atoms with Crippen LogP contribution in [0.2, 0.25) is 0 Å². The number of imidazole rings is 1. The predicted molar refractivity (Wildman–Crippen MR) is 140 cm³/mol. The molecule has 4 heterocycles. The Kier molecular flexibility index (Phi) is 7.34. The van der Waals surface area contributed by atoms with Crippen molar-refractivity contribution in [2.24, 2.45) is 0 Å². The summed E-state index contributed by atoms with van der Waals surface area (Å²) in [6.07, 6.45) is 4.95. The van der Waals surface area contributed by atoms with E-state index in [1.165, 1.54) is 6.07 Å². The first-order valence-electron chi connectivity index (χ1n) is 12.0. The number of rotatable bonds is 8. The Labute approximate surface area is 219 Å². The Morgan fingerprint density at radius 2 is 1.87 bits per heavy atom. The number of ether oxygens (including phenoxy) is 1. The van der Waals surface area contributed by atoms with Crippen molar-refractivity contribution in [3.63, 3.8) is 0 Å². The Morgan fingerprint density at radius 3 is 2.61 bits per heavy atom. The van der Waals surface area contributed by atoms with E-state index < -0.39 is 28.1 Å². The summed E-state index contributed by atoms with van der Waals surface area (Å²) in [5, 5.41) is 7.15. The number of nitrogens with zero attached hydrogens (tertiary/aromatic N) is 5. The fraction of sp³-hybridized carbons (Fsp3) is 0.320. The second kappa shape index (κ2) is 10.7. The van der Waals surface area contributed by atoms with Crippen molar-refractivity contribution in [2.75, 3.05) is 36.5 Å². The molecule has 5 rings (SSSR count). The third-order valence-electron chi connectivity index (χ3n) is 6.44. The number of halogens is 2. The number of amides is 1. The van der Waals surface area contributed by atoms with Crippen molar-refractivity contribution >= 4 is 27.8 Å². The normalized spacial score (nSPS) is 16.4. The molecule has 0 aliphatic carbocycles. The van der Waals surface area contributed by atoms with Crippen molar-refractivity contribution in [3.8, 4) is 5.75 Å². The molecule has 38 heavy (non-hydrogen) atoms. The summed E-state index contributed by atoms with van der Waals surface area (Å²) in [6, 6.07) is 6.90. The lowest BCUT2D eigenvalue weighted by atomic mass is 10.2. The highest BCUT2D eigenvalue weighted by molar-refractivity contribution is 8.24. The lowest BCUT2D eigenvalue weighted by Crippen LogP contribution is -2.39. The minimum absolute atomic E-state index is 0.191. The minimum Gasteiger partial charge on any atom is -0.485 e. The smallest absolute Gasteiger partial charge is 0.274 e. The maximum absolute atomic E-state index is 14.0. The van der Waals surface area contributed by atoms with Gasteiger partial charge >= 0.3 is 0 Å². The lowest BCUT2D eigenvalue weighted by Gasteiger charge is -2.40. The number of aryl methyl sites for hydroxylation is 1. The van der Waals surface area contributed by atoms with E-state index in [9.17, 15) is 22.7 Å². The van der Waals surface area contributed by atoms with Crippen LogP contribution < -0.4 is 10.1 Å². The van der Waals surface area contributed by atoms with Crippen molar-refractivity contribution in [1.82, 2.24) is 24.1 Å². The highest BCUT2D eigenvalue weighted by Crippen LogP contribution is 2.40. The first-order valence-corrected chi connectivity index (χ1v) is 13.9. The van der Waals surface area contributed by atoms with Gasteiger partial charge in [-0.15, -0.1) is 0 Å². The summed E-state index contributed by atoms with van der Waals surface area (Å²) in [6.45, 7) is 3.91. The molecule has 0 spiro atoms. The Bertz CT molecular complexity index is 1440. The number of carbonyl (C=O) groups is 1. The molecule has 202 valence electrons. The first kappa shape index (κ1) is 26.1. The van der Waals surface area contributed by atoms with Crippen LogP contribution in [-0.4, -0.2) is 70.2 Å². The summed E-state index contributed by atoms with van der Waals surface area (Å²) in [5.74, 6) is -0.743. The molecule has 1 amide bonds. The van der Waals surface area contributed by atoms with Crippen LogP contribution >= 0.6 is 10.6 Å². The summed E-state index contributed by atoms with van der Waals surface area (Å²) in [4.78, 5) is 19.8. The number of nitrogens with one attached hydrogen (secondary N) is 1. The molecule has 1 aromatic carbocycles. The monoisotopic (exact) mass is 546 g/mol. The van der Waals surface area contributed by atoms with E-state index in [2.05, 4.69) is 20.3 Å². The van der Waals surface area contributed by atoms with Gasteiger partial charge in [-0.25, -0.2) is 13.8 Å². The molecular weight excluding hydrogens is 518 g/mol. The molecule has 1 aliphatic heterocycles. The van der Waals surface area contributed by atoms with Crippen LogP contribution in [0.1, 0.15) is 21.7 Å². The number of fused-ring (bicyclic) bond motifs is 1. The van der Waals surface area contributed by atoms with E-state index >= 15 is 0 Å². The number of hydrogen-bond acceptors (Lipinski definition) is 7. The zero-order valence-corrected chi connectivity index (χ0v) is 21.5. The van der Waals surface area contributed by atoms with Gasteiger partial charge in [-0.3, -0.25) is 27.9 Å².